The first-order valence-corrected chi connectivity index (χ1v) is 8.47. The van der Waals surface area contributed by atoms with Crippen molar-refractivity contribution in [3.63, 3.8) is 0 Å². The maximum absolute atomic E-state index is 12.5. The molecule has 4 rings (SSSR count). The van der Waals surface area contributed by atoms with E-state index in [1.807, 2.05) is 11.1 Å². The molecule has 3 heterocycles. The molecule has 24 heavy (non-hydrogen) atoms. The van der Waals surface area contributed by atoms with Crippen LogP contribution in [0.1, 0.15) is 40.6 Å². The van der Waals surface area contributed by atoms with Crippen LogP contribution in [0.3, 0.4) is 0 Å². The van der Waals surface area contributed by atoms with Gasteiger partial charge in [0.15, 0.2) is 0 Å². The summed E-state index contributed by atoms with van der Waals surface area (Å²) in [6.07, 6.45) is 6.19. The Bertz CT molecular complexity index is 743. The molecule has 0 N–H and O–H groups in total. The Morgan fingerprint density at radius 1 is 1.25 bits per heavy atom. The van der Waals surface area contributed by atoms with Gasteiger partial charge in [-0.3, -0.25) is 4.79 Å². The van der Waals surface area contributed by atoms with Crippen LogP contribution in [0.25, 0.3) is 0 Å². The second kappa shape index (κ2) is 5.92. The van der Waals surface area contributed by atoms with Crippen molar-refractivity contribution in [2.75, 3.05) is 20.2 Å². The molecule has 1 aliphatic carbocycles. The third kappa shape index (κ3) is 2.77. The first-order chi connectivity index (χ1) is 11.7. The van der Waals surface area contributed by atoms with Crippen LogP contribution in [0.5, 0.6) is 5.88 Å². The Morgan fingerprint density at radius 2 is 2.04 bits per heavy atom. The Labute approximate surface area is 141 Å². The van der Waals surface area contributed by atoms with Crippen molar-refractivity contribution in [2.24, 2.45) is 5.92 Å². The van der Waals surface area contributed by atoms with Crippen LogP contribution in [-0.2, 0) is 6.54 Å². The number of amides is 1. The number of aryl methyl sites for hydroxylation is 1. The van der Waals surface area contributed by atoms with Gasteiger partial charge < -0.3 is 14.2 Å². The van der Waals surface area contributed by atoms with Crippen molar-refractivity contribution in [1.82, 2.24) is 19.4 Å². The number of likely N-dealkylation sites (tertiary alicyclic amines) is 1. The van der Waals surface area contributed by atoms with Gasteiger partial charge in [0.2, 0.25) is 5.88 Å². The number of carbonyl (C=O) groups is 1. The fourth-order valence-electron chi connectivity index (χ4n) is 3.22. The molecule has 0 atom stereocenters. The lowest BCUT2D eigenvalue weighted by atomic mass is 9.98. The van der Waals surface area contributed by atoms with Gasteiger partial charge in [-0.05, 0) is 31.7 Å². The third-order valence-electron chi connectivity index (χ3n) is 4.95. The summed E-state index contributed by atoms with van der Waals surface area (Å²) in [7, 11) is 1.57. The molecule has 1 saturated carbocycles. The minimum Gasteiger partial charge on any atom is -0.481 e. The Hall–Kier alpha value is -2.37. The van der Waals surface area contributed by atoms with Gasteiger partial charge in [-0.1, -0.05) is 0 Å². The van der Waals surface area contributed by atoms with Crippen LogP contribution in [0.2, 0.25) is 0 Å². The van der Waals surface area contributed by atoms with E-state index in [0.29, 0.717) is 17.4 Å². The number of hydrogen-bond acceptors (Lipinski definition) is 4. The van der Waals surface area contributed by atoms with Gasteiger partial charge in [0.1, 0.15) is 5.82 Å². The number of rotatable bonds is 5. The summed E-state index contributed by atoms with van der Waals surface area (Å²) in [5, 5.41) is 0. The van der Waals surface area contributed by atoms with Gasteiger partial charge in [0.05, 0.1) is 18.6 Å². The standard InChI is InChI=1S/C18H22N4O2/c1-12-7-20-17(22(12)9-13-3-4-13)15-10-21(11-15)18(23)14-5-6-16(24-2)19-8-14/h5-8,13,15H,3-4,9-11H2,1-2H3. The van der Waals surface area contributed by atoms with E-state index in [1.54, 1.807) is 25.4 Å². The zero-order valence-electron chi connectivity index (χ0n) is 14.1. The first kappa shape index (κ1) is 15.2. The van der Waals surface area contributed by atoms with Crippen LogP contribution < -0.4 is 4.74 Å². The third-order valence-corrected chi connectivity index (χ3v) is 4.95. The fraction of sp³-hybridized carbons (Fsp3) is 0.500. The highest BCUT2D eigenvalue weighted by molar-refractivity contribution is 5.94. The van der Waals surface area contributed by atoms with E-state index in [1.165, 1.54) is 18.5 Å². The van der Waals surface area contributed by atoms with Crippen LogP contribution in [-0.4, -0.2) is 45.5 Å². The molecule has 6 heteroatoms. The van der Waals surface area contributed by atoms with Crippen molar-refractivity contribution in [3.8, 4) is 5.88 Å². The van der Waals surface area contributed by atoms with Crippen molar-refractivity contribution in [3.05, 3.63) is 41.6 Å². The quantitative estimate of drug-likeness (QED) is 0.845. The average Bonchev–Trinajstić information content (AvgIpc) is 3.31. The number of hydrogen-bond donors (Lipinski definition) is 0. The second-order valence-electron chi connectivity index (χ2n) is 6.81. The number of pyridine rings is 1. The molecule has 1 aliphatic heterocycles. The minimum atomic E-state index is 0.0263. The summed E-state index contributed by atoms with van der Waals surface area (Å²) in [4.78, 5) is 23.1. The Morgan fingerprint density at radius 3 is 2.67 bits per heavy atom. The van der Waals surface area contributed by atoms with Gasteiger partial charge in [-0.15, -0.1) is 0 Å². The predicted octanol–water partition coefficient (Wildman–Crippen LogP) is 2.24. The Kier molecular flexibility index (Phi) is 3.75. The van der Waals surface area contributed by atoms with Gasteiger partial charge in [-0.25, -0.2) is 9.97 Å². The number of nitrogens with zero attached hydrogens (tertiary/aromatic N) is 4. The number of methoxy groups -OCH3 is 1. The zero-order valence-corrected chi connectivity index (χ0v) is 14.1. The molecular formula is C18H22N4O2. The summed E-state index contributed by atoms with van der Waals surface area (Å²) < 4.78 is 7.38. The van der Waals surface area contributed by atoms with Crippen molar-refractivity contribution in [1.29, 1.82) is 0 Å². The molecular weight excluding hydrogens is 304 g/mol. The average molecular weight is 326 g/mol. The van der Waals surface area contributed by atoms with Crippen LogP contribution >= 0.6 is 0 Å². The van der Waals surface area contributed by atoms with Gasteiger partial charge in [0, 0.05) is 43.8 Å². The molecule has 6 nitrogen and oxygen atoms in total. The summed E-state index contributed by atoms with van der Waals surface area (Å²) in [5.74, 6) is 2.84. The fourth-order valence-corrected chi connectivity index (χ4v) is 3.22. The number of imidazole rings is 1. The van der Waals surface area contributed by atoms with Gasteiger partial charge >= 0.3 is 0 Å². The lowest BCUT2D eigenvalue weighted by Crippen LogP contribution is -2.49. The molecule has 2 aromatic heterocycles. The molecule has 0 radical (unpaired) electrons. The number of aromatic nitrogens is 3. The van der Waals surface area contributed by atoms with E-state index in [2.05, 4.69) is 21.5 Å². The molecule has 0 unspecified atom stereocenters. The topological polar surface area (TPSA) is 60.2 Å². The summed E-state index contributed by atoms with van der Waals surface area (Å²) in [6.45, 7) is 4.65. The van der Waals surface area contributed by atoms with E-state index in [9.17, 15) is 4.79 Å². The molecule has 2 aliphatic rings. The van der Waals surface area contributed by atoms with E-state index in [4.69, 9.17) is 4.74 Å². The van der Waals surface area contributed by atoms with Gasteiger partial charge in [-0.2, -0.15) is 0 Å². The maximum Gasteiger partial charge on any atom is 0.255 e. The molecule has 0 spiro atoms. The smallest absolute Gasteiger partial charge is 0.255 e. The van der Waals surface area contributed by atoms with Crippen LogP contribution in [0.15, 0.2) is 24.5 Å². The highest BCUT2D eigenvalue weighted by atomic mass is 16.5. The van der Waals surface area contributed by atoms with Crippen LogP contribution in [0.4, 0.5) is 0 Å². The zero-order chi connectivity index (χ0) is 16.7. The lowest BCUT2D eigenvalue weighted by molar-refractivity contribution is 0.0590. The maximum atomic E-state index is 12.5. The van der Waals surface area contributed by atoms with Gasteiger partial charge in [0.25, 0.3) is 5.91 Å². The number of carbonyl (C=O) groups excluding carboxylic acids is 1. The highest BCUT2D eigenvalue weighted by Gasteiger charge is 2.36. The molecule has 0 bridgehead atoms. The number of ether oxygens (including phenoxy) is 1. The second-order valence-corrected chi connectivity index (χ2v) is 6.81. The van der Waals surface area contributed by atoms with E-state index in [0.717, 1.165) is 31.4 Å². The minimum absolute atomic E-state index is 0.0263. The monoisotopic (exact) mass is 326 g/mol. The van der Waals surface area contributed by atoms with Crippen molar-refractivity contribution < 1.29 is 9.53 Å². The summed E-state index contributed by atoms with van der Waals surface area (Å²) in [5.41, 5.74) is 1.83. The molecule has 1 amide bonds. The SMILES string of the molecule is COc1ccc(C(=O)N2CC(c3ncc(C)n3CC3CC3)C2)cn1. The van der Waals surface area contributed by atoms with Crippen molar-refractivity contribution in [2.45, 2.75) is 32.2 Å². The summed E-state index contributed by atoms with van der Waals surface area (Å²) >= 11 is 0. The molecule has 0 aromatic carbocycles. The molecule has 2 fully saturated rings. The van der Waals surface area contributed by atoms with Crippen LogP contribution in [0, 0.1) is 12.8 Å². The van der Waals surface area contributed by atoms with Crippen molar-refractivity contribution >= 4 is 5.91 Å². The van der Waals surface area contributed by atoms with E-state index in [-0.39, 0.29) is 5.91 Å². The predicted molar refractivity (Wildman–Crippen MR) is 89.1 cm³/mol. The summed E-state index contributed by atoms with van der Waals surface area (Å²) in [6, 6.07) is 3.48. The first-order valence-electron chi connectivity index (χ1n) is 8.47. The molecule has 2 aromatic rings. The van der Waals surface area contributed by atoms with E-state index < -0.39 is 0 Å². The molecule has 126 valence electrons. The molecule has 1 saturated heterocycles. The van der Waals surface area contributed by atoms with E-state index >= 15 is 0 Å². The highest BCUT2D eigenvalue weighted by Crippen LogP contribution is 2.34. The normalized spacial score (nSPS) is 17.7. The largest absolute Gasteiger partial charge is 0.481 e. The Balaban J connectivity index is 1.41. The lowest BCUT2D eigenvalue weighted by Gasteiger charge is -2.39.